The highest BCUT2D eigenvalue weighted by Gasteiger charge is 1.95. The molecule has 0 amide bonds. The van der Waals surface area contributed by atoms with Crippen molar-refractivity contribution in [3.63, 3.8) is 0 Å². The Kier molecular flexibility index (Phi) is 5.14. The van der Waals surface area contributed by atoms with Crippen molar-refractivity contribution < 1.29 is 5.11 Å². The molecule has 0 saturated heterocycles. The number of rotatable bonds is 2. The predicted molar refractivity (Wildman–Crippen MR) is 37.6 cm³/mol. The summed E-state index contributed by atoms with van der Waals surface area (Å²) in [6.45, 7) is 2.16. The predicted octanol–water partition coefficient (Wildman–Crippen LogP) is 1.36. The highest BCUT2D eigenvalue weighted by molar-refractivity contribution is 9.12. The van der Waals surface area contributed by atoms with E-state index >= 15 is 0 Å². The molecule has 1 unspecified atom stereocenters. The summed E-state index contributed by atoms with van der Waals surface area (Å²) in [5, 5.41) is 8.53. The SMILES string of the molecule is CCC(C#CBr)CO. The third-order valence-electron chi connectivity index (χ3n) is 0.972. The fraction of sp³-hybridized carbons (Fsp3) is 0.667. The maximum atomic E-state index is 8.53. The first-order valence-electron chi connectivity index (χ1n) is 2.57. The molecule has 0 aliphatic carbocycles. The number of aliphatic hydroxyl groups is 1. The lowest BCUT2D eigenvalue weighted by Gasteiger charge is -1.98. The fourth-order valence-corrected chi connectivity index (χ4v) is 0.678. The third kappa shape index (κ3) is 3.06. The Labute approximate surface area is 58.2 Å². The molecule has 0 aromatic rings. The molecule has 0 saturated carbocycles. The van der Waals surface area contributed by atoms with E-state index in [0.717, 1.165) is 6.42 Å². The maximum Gasteiger partial charge on any atom is 0.0569 e. The third-order valence-corrected chi connectivity index (χ3v) is 1.20. The van der Waals surface area contributed by atoms with Crippen molar-refractivity contribution in [1.29, 1.82) is 0 Å². The fourth-order valence-electron chi connectivity index (χ4n) is 0.354. The summed E-state index contributed by atoms with van der Waals surface area (Å²) in [5.74, 6) is 2.95. The second-order valence-corrected chi connectivity index (χ2v) is 1.92. The normalized spacial score (nSPS) is 11.9. The average molecular weight is 177 g/mol. The van der Waals surface area contributed by atoms with Gasteiger partial charge in [-0.25, -0.2) is 0 Å². The molecule has 0 aliphatic heterocycles. The zero-order valence-electron chi connectivity index (χ0n) is 4.82. The van der Waals surface area contributed by atoms with Crippen molar-refractivity contribution in [3.8, 4) is 10.8 Å². The van der Waals surface area contributed by atoms with E-state index in [1.165, 1.54) is 0 Å². The molecule has 0 bridgehead atoms. The van der Waals surface area contributed by atoms with Crippen LogP contribution in [-0.2, 0) is 0 Å². The highest BCUT2D eigenvalue weighted by Crippen LogP contribution is 1.97. The van der Waals surface area contributed by atoms with E-state index in [2.05, 4.69) is 26.7 Å². The van der Waals surface area contributed by atoms with Crippen LogP contribution in [0.5, 0.6) is 0 Å². The van der Waals surface area contributed by atoms with E-state index in [9.17, 15) is 0 Å². The summed E-state index contributed by atoms with van der Waals surface area (Å²) in [5.41, 5.74) is 0. The van der Waals surface area contributed by atoms with Gasteiger partial charge in [-0.3, -0.25) is 0 Å². The maximum absolute atomic E-state index is 8.53. The number of aliphatic hydroxyl groups excluding tert-OH is 1. The molecular formula is C6H9BrO. The van der Waals surface area contributed by atoms with E-state index in [1.54, 1.807) is 0 Å². The second kappa shape index (κ2) is 5.14. The highest BCUT2D eigenvalue weighted by atomic mass is 79.9. The summed E-state index contributed by atoms with van der Waals surface area (Å²) in [6.07, 6.45) is 0.912. The lowest BCUT2D eigenvalue weighted by molar-refractivity contribution is 0.254. The molecular weight excluding hydrogens is 168 g/mol. The van der Waals surface area contributed by atoms with Crippen LogP contribution < -0.4 is 0 Å². The quantitative estimate of drug-likeness (QED) is 0.631. The Morgan fingerprint density at radius 3 is 2.50 bits per heavy atom. The van der Waals surface area contributed by atoms with Gasteiger partial charge in [0.25, 0.3) is 0 Å². The van der Waals surface area contributed by atoms with Crippen molar-refractivity contribution in [2.75, 3.05) is 6.61 Å². The van der Waals surface area contributed by atoms with Crippen molar-refractivity contribution in [2.45, 2.75) is 13.3 Å². The van der Waals surface area contributed by atoms with E-state index < -0.39 is 0 Å². The van der Waals surface area contributed by atoms with Crippen LogP contribution >= 0.6 is 15.9 Å². The van der Waals surface area contributed by atoms with Gasteiger partial charge in [0.2, 0.25) is 0 Å². The lowest BCUT2D eigenvalue weighted by Crippen LogP contribution is -1.99. The van der Waals surface area contributed by atoms with Crippen molar-refractivity contribution in [3.05, 3.63) is 0 Å². The number of hydrogen-bond acceptors (Lipinski definition) is 1. The summed E-state index contributed by atoms with van der Waals surface area (Å²) >= 11 is 2.96. The summed E-state index contributed by atoms with van der Waals surface area (Å²) in [7, 11) is 0. The Bertz CT molecular complexity index is 96.8. The molecule has 2 heteroatoms. The summed E-state index contributed by atoms with van der Waals surface area (Å²) in [6, 6.07) is 0. The molecule has 8 heavy (non-hydrogen) atoms. The minimum atomic E-state index is 0.148. The Balaban J connectivity index is 3.47. The molecule has 0 fully saturated rings. The van der Waals surface area contributed by atoms with Gasteiger partial charge in [0.05, 0.1) is 6.61 Å². The standard InChI is InChI=1S/C6H9BrO/c1-2-6(5-8)3-4-7/h6,8H,2,5H2,1H3. The first-order valence-corrected chi connectivity index (χ1v) is 3.36. The van der Waals surface area contributed by atoms with Crippen molar-refractivity contribution in [2.24, 2.45) is 5.92 Å². The molecule has 0 heterocycles. The van der Waals surface area contributed by atoms with Gasteiger partial charge in [-0.1, -0.05) is 12.8 Å². The van der Waals surface area contributed by atoms with Gasteiger partial charge in [-0.05, 0) is 11.3 Å². The van der Waals surface area contributed by atoms with Crippen LogP contribution in [-0.4, -0.2) is 11.7 Å². The molecule has 0 rings (SSSR count). The molecule has 1 nitrogen and oxygen atoms in total. The Morgan fingerprint density at radius 2 is 2.38 bits per heavy atom. The minimum Gasteiger partial charge on any atom is -0.395 e. The smallest absolute Gasteiger partial charge is 0.0569 e. The van der Waals surface area contributed by atoms with Crippen LogP contribution in [0.15, 0.2) is 0 Å². The van der Waals surface area contributed by atoms with Gasteiger partial charge in [0.1, 0.15) is 0 Å². The van der Waals surface area contributed by atoms with Gasteiger partial charge in [0.15, 0.2) is 0 Å². The van der Waals surface area contributed by atoms with E-state index in [0.29, 0.717) is 0 Å². The second-order valence-electron chi connectivity index (χ2n) is 1.53. The largest absolute Gasteiger partial charge is 0.395 e. The van der Waals surface area contributed by atoms with Crippen LogP contribution in [0.1, 0.15) is 13.3 Å². The molecule has 0 radical (unpaired) electrons. The van der Waals surface area contributed by atoms with Crippen LogP contribution in [0, 0.1) is 16.7 Å². The van der Waals surface area contributed by atoms with Gasteiger partial charge in [-0.2, -0.15) is 0 Å². The molecule has 0 spiro atoms. The Hall–Kier alpha value is -0.0000000000000000208. The first kappa shape index (κ1) is 8.00. The zero-order valence-corrected chi connectivity index (χ0v) is 6.40. The van der Waals surface area contributed by atoms with Gasteiger partial charge in [0, 0.05) is 21.8 Å². The van der Waals surface area contributed by atoms with E-state index in [1.807, 2.05) is 6.92 Å². The van der Waals surface area contributed by atoms with Crippen LogP contribution in [0.25, 0.3) is 0 Å². The lowest BCUT2D eigenvalue weighted by atomic mass is 10.1. The molecule has 1 atom stereocenters. The van der Waals surface area contributed by atoms with Gasteiger partial charge in [-0.15, -0.1) is 0 Å². The van der Waals surface area contributed by atoms with E-state index in [4.69, 9.17) is 5.11 Å². The van der Waals surface area contributed by atoms with Crippen molar-refractivity contribution >= 4 is 15.9 Å². The molecule has 46 valence electrons. The number of halogens is 1. The summed E-state index contributed by atoms with van der Waals surface area (Å²) in [4.78, 5) is 2.57. The first-order chi connectivity index (χ1) is 3.85. The van der Waals surface area contributed by atoms with E-state index in [-0.39, 0.29) is 12.5 Å². The molecule has 0 aromatic heterocycles. The topological polar surface area (TPSA) is 20.2 Å². The minimum absolute atomic E-state index is 0.148. The zero-order chi connectivity index (χ0) is 6.41. The molecule has 0 aromatic carbocycles. The van der Waals surface area contributed by atoms with Crippen molar-refractivity contribution in [1.82, 2.24) is 0 Å². The molecule has 0 aliphatic rings. The monoisotopic (exact) mass is 176 g/mol. The van der Waals surface area contributed by atoms with Crippen LogP contribution in [0.3, 0.4) is 0 Å². The average Bonchev–Trinajstić information content (AvgIpc) is 1.83. The Morgan fingerprint density at radius 1 is 1.75 bits per heavy atom. The van der Waals surface area contributed by atoms with Crippen LogP contribution in [0.2, 0.25) is 0 Å². The van der Waals surface area contributed by atoms with Gasteiger partial charge >= 0.3 is 0 Å². The number of hydrogen-bond donors (Lipinski definition) is 1. The van der Waals surface area contributed by atoms with Crippen LogP contribution in [0.4, 0.5) is 0 Å². The summed E-state index contributed by atoms with van der Waals surface area (Å²) < 4.78 is 0. The van der Waals surface area contributed by atoms with Gasteiger partial charge < -0.3 is 5.11 Å². The molecule has 1 N–H and O–H groups in total.